The number of alkyl halides is 3. The second kappa shape index (κ2) is 13.6. The number of carbonyl (C=O) groups excluding carboxylic acids is 2. The van der Waals surface area contributed by atoms with Crippen LogP contribution in [0.1, 0.15) is 50.2 Å². The number of halogens is 3. The molecule has 1 fully saturated rings. The number of carbonyl (C=O) groups is 2. The highest BCUT2D eigenvalue weighted by atomic mass is 32.2. The van der Waals surface area contributed by atoms with Crippen molar-refractivity contribution in [2.75, 3.05) is 17.8 Å². The van der Waals surface area contributed by atoms with Gasteiger partial charge in [0.25, 0.3) is 0 Å². The Morgan fingerprint density at radius 3 is 2.40 bits per heavy atom. The highest BCUT2D eigenvalue weighted by molar-refractivity contribution is 8.15. The smallest absolute Gasteiger partial charge is 0.497 e. The maximum Gasteiger partial charge on any atom is 0.573 e. The van der Waals surface area contributed by atoms with E-state index < -0.39 is 12.4 Å². The number of urea groups is 1. The molecule has 0 radical (unpaired) electrons. The van der Waals surface area contributed by atoms with E-state index in [2.05, 4.69) is 25.1 Å². The van der Waals surface area contributed by atoms with Gasteiger partial charge in [0.1, 0.15) is 17.8 Å². The Labute approximate surface area is 278 Å². The number of aliphatic imine (C=N–C) groups is 1. The van der Waals surface area contributed by atoms with Crippen LogP contribution in [0.15, 0.2) is 83.7 Å². The molecule has 0 spiro atoms. The molecule has 0 saturated carbocycles. The molecule has 6 rings (SSSR count). The maximum atomic E-state index is 13.2. The zero-order valence-corrected chi connectivity index (χ0v) is 27.1. The number of nitrogens with one attached hydrogen (secondary N) is 1. The molecule has 14 heteroatoms. The van der Waals surface area contributed by atoms with Crippen LogP contribution < -0.4 is 19.7 Å². The molecule has 1 aliphatic carbocycles. The Balaban J connectivity index is 1.17. The van der Waals surface area contributed by atoms with Crippen molar-refractivity contribution < 1.29 is 32.2 Å². The molecular formula is C34H31F3N6O4S. The zero-order chi connectivity index (χ0) is 34.0. The van der Waals surface area contributed by atoms with Gasteiger partial charge < -0.3 is 14.8 Å². The number of hydrogen-bond acceptors (Lipinski definition) is 7. The minimum atomic E-state index is -4.77. The third-order valence-electron chi connectivity index (χ3n) is 7.85. The van der Waals surface area contributed by atoms with Crippen molar-refractivity contribution in [3.63, 3.8) is 0 Å². The third kappa shape index (κ3) is 7.23. The van der Waals surface area contributed by atoms with Crippen LogP contribution in [0.3, 0.4) is 0 Å². The van der Waals surface area contributed by atoms with Gasteiger partial charge in [-0.25, -0.2) is 14.5 Å². The molecule has 0 atom stereocenters. The molecule has 4 aromatic rings. The first-order valence-corrected chi connectivity index (χ1v) is 16.1. The van der Waals surface area contributed by atoms with Crippen molar-refractivity contribution in [1.82, 2.24) is 20.1 Å². The Hall–Kier alpha value is -5.11. The van der Waals surface area contributed by atoms with Gasteiger partial charge in [-0.15, -0.1) is 18.3 Å². The van der Waals surface area contributed by atoms with Gasteiger partial charge in [-0.3, -0.25) is 9.69 Å². The minimum absolute atomic E-state index is 0.107. The van der Waals surface area contributed by atoms with E-state index in [9.17, 15) is 22.8 Å². The van der Waals surface area contributed by atoms with Gasteiger partial charge in [0, 0.05) is 11.3 Å². The molecule has 3 aromatic carbocycles. The first-order chi connectivity index (χ1) is 23.0. The molecule has 1 aliphatic heterocycles. The van der Waals surface area contributed by atoms with Gasteiger partial charge in [0.05, 0.1) is 24.2 Å². The van der Waals surface area contributed by atoms with Crippen LogP contribution >= 0.6 is 11.8 Å². The molecule has 48 heavy (non-hydrogen) atoms. The summed E-state index contributed by atoms with van der Waals surface area (Å²) < 4.78 is 48.2. The molecule has 2 heterocycles. The van der Waals surface area contributed by atoms with E-state index in [0.717, 1.165) is 40.8 Å². The van der Waals surface area contributed by atoms with Crippen molar-refractivity contribution in [2.45, 2.75) is 45.4 Å². The Kier molecular flexibility index (Phi) is 9.27. The third-order valence-corrected chi connectivity index (χ3v) is 8.78. The van der Waals surface area contributed by atoms with Gasteiger partial charge in [-0.2, -0.15) is 4.99 Å². The maximum absolute atomic E-state index is 13.2. The highest BCUT2D eigenvalue weighted by Crippen LogP contribution is 2.37. The van der Waals surface area contributed by atoms with E-state index in [1.165, 1.54) is 51.9 Å². The van der Waals surface area contributed by atoms with E-state index in [-0.39, 0.29) is 23.3 Å². The summed E-state index contributed by atoms with van der Waals surface area (Å²) in [5.41, 5.74) is 5.58. The van der Waals surface area contributed by atoms with E-state index in [1.54, 1.807) is 13.2 Å². The molecule has 248 valence electrons. The summed E-state index contributed by atoms with van der Waals surface area (Å²) in [6.07, 6.45) is -0.969. The average molecular weight is 677 g/mol. The zero-order valence-electron chi connectivity index (χ0n) is 26.2. The van der Waals surface area contributed by atoms with Crippen molar-refractivity contribution in [3.8, 4) is 28.6 Å². The van der Waals surface area contributed by atoms with Crippen molar-refractivity contribution >= 4 is 40.1 Å². The molecule has 1 aromatic heterocycles. The first kappa shape index (κ1) is 32.8. The standard InChI is InChI=1S/C34H31F3N6O4S/c1-20(2)27-17-25(46-3)15-16-29(27)43-30(44)18-48-33(43)40-32(45)39-28-6-4-5-26(28)21-7-9-22(10-8-21)31-38-19-42(41-31)23-11-13-24(14-12-23)47-34(35,36)37/h7-17,19-20H,4-6,18H2,1-3H3,(H,39,45)/b40-33-. The number of thioether (sulfide) groups is 1. The monoisotopic (exact) mass is 676 g/mol. The topological polar surface area (TPSA) is 111 Å². The fourth-order valence-corrected chi connectivity index (χ4v) is 6.45. The first-order valence-electron chi connectivity index (χ1n) is 15.1. The number of methoxy groups -OCH3 is 1. The highest BCUT2D eigenvalue weighted by Gasteiger charge is 2.33. The number of anilines is 1. The van der Waals surface area contributed by atoms with Crippen LogP contribution in [0.25, 0.3) is 22.6 Å². The molecule has 10 nitrogen and oxygen atoms in total. The van der Waals surface area contributed by atoms with Gasteiger partial charge in [-0.1, -0.05) is 49.9 Å². The summed E-state index contributed by atoms with van der Waals surface area (Å²) in [5.74, 6) is 0.945. The van der Waals surface area contributed by atoms with Crippen LogP contribution in [0, 0.1) is 0 Å². The molecule has 0 unspecified atom stereocenters. The number of allylic oxidation sites excluding steroid dienone is 2. The van der Waals surface area contributed by atoms with E-state index in [4.69, 9.17) is 4.74 Å². The number of amides is 3. The normalized spacial score (nSPS) is 15.9. The van der Waals surface area contributed by atoms with Crippen LogP contribution in [0.4, 0.5) is 23.7 Å². The van der Waals surface area contributed by atoms with Crippen LogP contribution in [-0.2, 0) is 4.79 Å². The lowest BCUT2D eigenvalue weighted by Crippen LogP contribution is -2.32. The predicted octanol–water partition coefficient (Wildman–Crippen LogP) is 7.71. The van der Waals surface area contributed by atoms with Crippen LogP contribution in [0.5, 0.6) is 11.5 Å². The van der Waals surface area contributed by atoms with Crippen LogP contribution in [0.2, 0.25) is 0 Å². The SMILES string of the molecule is COc1ccc(N2C(=O)CS/C2=N\C(=O)NC2=C(c3ccc(-c4ncn(-c5ccc(OC(F)(F)F)cc5)n4)cc3)CCC2)c(C(C)C)c1. The van der Waals surface area contributed by atoms with E-state index in [1.807, 2.05) is 50.2 Å². The number of hydrogen-bond donors (Lipinski definition) is 1. The number of nitrogens with zero attached hydrogens (tertiary/aromatic N) is 5. The summed E-state index contributed by atoms with van der Waals surface area (Å²) in [6.45, 7) is 4.06. The van der Waals surface area contributed by atoms with Crippen molar-refractivity contribution in [1.29, 1.82) is 0 Å². The average Bonchev–Trinajstić information content (AvgIpc) is 3.81. The van der Waals surface area contributed by atoms with E-state index >= 15 is 0 Å². The summed E-state index contributed by atoms with van der Waals surface area (Å²) in [5, 5.41) is 7.75. The van der Waals surface area contributed by atoms with Gasteiger partial charge in [0.15, 0.2) is 11.0 Å². The molecule has 0 bridgehead atoms. The number of aromatic nitrogens is 3. The summed E-state index contributed by atoms with van der Waals surface area (Å²) >= 11 is 1.23. The lowest BCUT2D eigenvalue weighted by atomic mass is 10.00. The summed E-state index contributed by atoms with van der Waals surface area (Å²) in [6, 6.07) is 17.9. The quantitative estimate of drug-likeness (QED) is 0.204. The lowest BCUT2D eigenvalue weighted by molar-refractivity contribution is -0.274. The molecular weight excluding hydrogens is 645 g/mol. The number of benzene rings is 3. The summed E-state index contributed by atoms with van der Waals surface area (Å²) in [4.78, 5) is 36.3. The van der Waals surface area contributed by atoms with Gasteiger partial charge in [-0.05, 0) is 84.3 Å². The van der Waals surface area contributed by atoms with E-state index in [0.29, 0.717) is 34.5 Å². The van der Waals surface area contributed by atoms with Crippen LogP contribution in [-0.4, -0.2) is 51.1 Å². The second-order valence-corrected chi connectivity index (χ2v) is 12.3. The molecule has 1 N–H and O–H groups in total. The molecule has 2 aliphatic rings. The lowest BCUT2D eigenvalue weighted by Gasteiger charge is -2.22. The fraction of sp³-hybridized carbons (Fsp3) is 0.265. The van der Waals surface area contributed by atoms with Crippen molar-refractivity contribution in [3.05, 3.63) is 89.9 Å². The molecule has 1 saturated heterocycles. The largest absolute Gasteiger partial charge is 0.573 e. The van der Waals surface area contributed by atoms with Crippen molar-refractivity contribution in [2.24, 2.45) is 4.99 Å². The number of rotatable bonds is 8. The second-order valence-electron chi connectivity index (χ2n) is 11.4. The van der Waals surface area contributed by atoms with Gasteiger partial charge in [0.2, 0.25) is 5.91 Å². The number of amidine groups is 1. The summed E-state index contributed by atoms with van der Waals surface area (Å²) in [7, 11) is 1.59. The predicted molar refractivity (Wildman–Crippen MR) is 177 cm³/mol. The number of ether oxygens (including phenoxy) is 2. The van der Waals surface area contributed by atoms with Gasteiger partial charge >= 0.3 is 12.4 Å². The fourth-order valence-electron chi connectivity index (χ4n) is 5.59. The Morgan fingerprint density at radius 2 is 1.71 bits per heavy atom. The Morgan fingerprint density at radius 1 is 1.00 bits per heavy atom. The minimum Gasteiger partial charge on any atom is -0.497 e. The molecule has 3 amide bonds. The Bertz CT molecular complexity index is 1900.